The number of rotatable bonds is 8. The van der Waals surface area contributed by atoms with Gasteiger partial charge in [-0.25, -0.2) is 0 Å². The van der Waals surface area contributed by atoms with Crippen molar-refractivity contribution in [2.24, 2.45) is 0 Å². The summed E-state index contributed by atoms with van der Waals surface area (Å²) < 4.78 is 5.35. The molecule has 84 valence electrons. The largest absolute Gasteiger partial charge is 0.380 e. The molecule has 0 aliphatic carbocycles. The minimum absolute atomic E-state index is 0.254. The van der Waals surface area contributed by atoms with Crippen molar-refractivity contribution in [1.82, 2.24) is 5.32 Å². The number of methoxy groups -OCH3 is 1. The van der Waals surface area contributed by atoms with Gasteiger partial charge in [-0.15, -0.1) is 0 Å². The lowest BCUT2D eigenvalue weighted by Gasteiger charge is -2.24. The monoisotopic (exact) mass is 199 g/mol. The molecule has 0 rings (SSSR count). The van der Waals surface area contributed by atoms with E-state index in [-0.39, 0.29) is 6.10 Å². The van der Waals surface area contributed by atoms with Crippen LogP contribution in [0.1, 0.15) is 40.0 Å². The highest BCUT2D eigenvalue weighted by molar-refractivity contribution is 4.98. The van der Waals surface area contributed by atoms with Gasteiger partial charge in [-0.3, -0.25) is 0 Å². The fourth-order valence-electron chi connectivity index (χ4n) is 1.35. The highest BCUT2D eigenvalue weighted by atomic mass is 16.5. The highest BCUT2D eigenvalue weighted by Crippen LogP contribution is 2.11. The Hall–Kier alpha value is -0.340. The second kappa shape index (κ2) is 8.01. The average molecular weight is 199 g/mol. The summed E-state index contributed by atoms with van der Waals surface area (Å²) in [6, 6.07) is 0.410. The Morgan fingerprint density at radius 1 is 1.43 bits per heavy atom. The van der Waals surface area contributed by atoms with Gasteiger partial charge in [0.1, 0.15) is 0 Å². The fourth-order valence-corrected chi connectivity index (χ4v) is 1.35. The van der Waals surface area contributed by atoms with E-state index in [4.69, 9.17) is 4.74 Å². The van der Waals surface area contributed by atoms with Crippen LogP contribution in [0.25, 0.3) is 0 Å². The lowest BCUT2D eigenvalue weighted by Crippen LogP contribution is -2.40. The highest BCUT2D eigenvalue weighted by Gasteiger charge is 2.16. The van der Waals surface area contributed by atoms with Gasteiger partial charge in [0, 0.05) is 13.2 Å². The van der Waals surface area contributed by atoms with Crippen molar-refractivity contribution in [3.8, 4) is 0 Å². The van der Waals surface area contributed by atoms with Crippen LogP contribution in [0.2, 0.25) is 0 Å². The minimum atomic E-state index is 0.254. The summed E-state index contributed by atoms with van der Waals surface area (Å²) in [6.07, 6.45) is 3.49. The van der Waals surface area contributed by atoms with Crippen LogP contribution >= 0.6 is 0 Å². The SMILES string of the molecule is C=C(CC)CC(NCCC)C(C)OC. The van der Waals surface area contributed by atoms with Crippen LogP contribution in [-0.4, -0.2) is 25.8 Å². The summed E-state index contributed by atoms with van der Waals surface area (Å²) in [5, 5.41) is 3.50. The maximum absolute atomic E-state index is 5.35. The van der Waals surface area contributed by atoms with Crippen LogP contribution in [0.4, 0.5) is 0 Å². The van der Waals surface area contributed by atoms with Crippen molar-refractivity contribution >= 4 is 0 Å². The Bertz CT molecular complexity index is 156. The van der Waals surface area contributed by atoms with Crippen molar-refractivity contribution in [3.63, 3.8) is 0 Å². The Labute approximate surface area is 88.7 Å². The van der Waals surface area contributed by atoms with E-state index >= 15 is 0 Å². The standard InChI is InChI=1S/C12H25NO/c1-6-8-13-12(11(4)14-5)9-10(3)7-2/h11-13H,3,6-9H2,1-2,4-5H3. The molecule has 0 aliphatic heterocycles. The molecule has 2 heteroatoms. The van der Waals surface area contributed by atoms with Crippen LogP contribution in [0.15, 0.2) is 12.2 Å². The molecule has 0 aromatic rings. The third-order valence-electron chi connectivity index (χ3n) is 2.60. The van der Waals surface area contributed by atoms with Gasteiger partial charge < -0.3 is 10.1 Å². The molecule has 0 saturated carbocycles. The van der Waals surface area contributed by atoms with Crippen LogP contribution < -0.4 is 5.32 Å². The summed E-state index contributed by atoms with van der Waals surface area (Å²) in [7, 11) is 1.76. The molecule has 0 bridgehead atoms. The summed E-state index contributed by atoms with van der Waals surface area (Å²) in [5.41, 5.74) is 1.29. The smallest absolute Gasteiger partial charge is 0.0699 e. The van der Waals surface area contributed by atoms with Gasteiger partial charge in [-0.05, 0) is 32.7 Å². The molecule has 0 aliphatic rings. The van der Waals surface area contributed by atoms with Crippen molar-refractivity contribution in [3.05, 3.63) is 12.2 Å². The molecule has 0 spiro atoms. The van der Waals surface area contributed by atoms with E-state index in [0.29, 0.717) is 6.04 Å². The molecule has 0 heterocycles. The van der Waals surface area contributed by atoms with Crippen LogP contribution in [0.3, 0.4) is 0 Å². The first-order chi connectivity index (χ1) is 6.65. The molecule has 14 heavy (non-hydrogen) atoms. The topological polar surface area (TPSA) is 21.3 Å². The van der Waals surface area contributed by atoms with E-state index in [2.05, 4.69) is 32.7 Å². The van der Waals surface area contributed by atoms with E-state index in [1.54, 1.807) is 7.11 Å². The molecular weight excluding hydrogens is 174 g/mol. The lowest BCUT2D eigenvalue weighted by atomic mass is 10.0. The maximum atomic E-state index is 5.35. The lowest BCUT2D eigenvalue weighted by molar-refractivity contribution is 0.0829. The molecule has 0 radical (unpaired) electrons. The normalized spacial score (nSPS) is 15.1. The summed E-state index contributed by atoms with van der Waals surface area (Å²) in [5.74, 6) is 0. The first-order valence-corrected chi connectivity index (χ1v) is 5.58. The quantitative estimate of drug-likeness (QED) is 0.607. The molecule has 0 amide bonds. The second-order valence-corrected chi connectivity index (χ2v) is 3.81. The van der Waals surface area contributed by atoms with Crippen molar-refractivity contribution in [1.29, 1.82) is 0 Å². The first kappa shape index (κ1) is 13.7. The van der Waals surface area contributed by atoms with Crippen molar-refractivity contribution < 1.29 is 4.74 Å². The Morgan fingerprint density at radius 3 is 2.50 bits per heavy atom. The maximum Gasteiger partial charge on any atom is 0.0699 e. The molecule has 2 unspecified atom stereocenters. The van der Waals surface area contributed by atoms with E-state index in [9.17, 15) is 0 Å². The van der Waals surface area contributed by atoms with Gasteiger partial charge in [0.2, 0.25) is 0 Å². The van der Waals surface area contributed by atoms with Crippen LogP contribution in [0.5, 0.6) is 0 Å². The van der Waals surface area contributed by atoms with Gasteiger partial charge >= 0.3 is 0 Å². The Balaban J connectivity index is 4.02. The zero-order valence-electron chi connectivity index (χ0n) is 10.1. The number of ether oxygens (including phenoxy) is 1. The Kier molecular flexibility index (Phi) is 7.81. The van der Waals surface area contributed by atoms with Gasteiger partial charge in [-0.2, -0.15) is 0 Å². The third kappa shape index (κ3) is 5.40. The van der Waals surface area contributed by atoms with Gasteiger partial charge in [0.15, 0.2) is 0 Å². The predicted molar refractivity (Wildman–Crippen MR) is 62.6 cm³/mol. The molecule has 1 N–H and O–H groups in total. The molecule has 0 fully saturated rings. The zero-order valence-corrected chi connectivity index (χ0v) is 10.1. The zero-order chi connectivity index (χ0) is 11.0. The van der Waals surface area contributed by atoms with E-state index < -0.39 is 0 Å². The van der Waals surface area contributed by atoms with Gasteiger partial charge in [0.05, 0.1) is 6.10 Å². The summed E-state index contributed by atoms with van der Waals surface area (Å²) in [6.45, 7) is 11.5. The summed E-state index contributed by atoms with van der Waals surface area (Å²) >= 11 is 0. The molecule has 2 atom stereocenters. The average Bonchev–Trinajstić information content (AvgIpc) is 2.22. The van der Waals surface area contributed by atoms with Gasteiger partial charge in [0.25, 0.3) is 0 Å². The Morgan fingerprint density at radius 2 is 2.07 bits per heavy atom. The van der Waals surface area contributed by atoms with Crippen LogP contribution in [0, 0.1) is 0 Å². The predicted octanol–water partition coefficient (Wildman–Crippen LogP) is 2.75. The number of hydrogen-bond acceptors (Lipinski definition) is 2. The van der Waals surface area contributed by atoms with Crippen LogP contribution in [-0.2, 0) is 4.74 Å². The second-order valence-electron chi connectivity index (χ2n) is 3.81. The molecule has 2 nitrogen and oxygen atoms in total. The minimum Gasteiger partial charge on any atom is -0.380 e. The van der Waals surface area contributed by atoms with E-state index in [0.717, 1.165) is 25.8 Å². The van der Waals surface area contributed by atoms with E-state index in [1.807, 2.05) is 0 Å². The molecule has 0 aromatic carbocycles. The van der Waals surface area contributed by atoms with E-state index in [1.165, 1.54) is 5.57 Å². The number of nitrogens with one attached hydrogen (secondary N) is 1. The molecule has 0 saturated heterocycles. The third-order valence-corrected chi connectivity index (χ3v) is 2.60. The number of hydrogen-bond donors (Lipinski definition) is 1. The molecular formula is C12H25NO. The van der Waals surface area contributed by atoms with Crippen molar-refractivity contribution in [2.45, 2.75) is 52.2 Å². The fraction of sp³-hybridized carbons (Fsp3) is 0.833. The molecule has 0 aromatic heterocycles. The van der Waals surface area contributed by atoms with Crippen molar-refractivity contribution in [2.75, 3.05) is 13.7 Å². The van der Waals surface area contributed by atoms with Gasteiger partial charge in [-0.1, -0.05) is 26.0 Å². The first-order valence-electron chi connectivity index (χ1n) is 5.58. The summed E-state index contributed by atoms with van der Waals surface area (Å²) in [4.78, 5) is 0.